The summed E-state index contributed by atoms with van der Waals surface area (Å²) in [6.07, 6.45) is 1.70. The number of hydrogen-bond donors (Lipinski definition) is 4. The number of carbonyl (C=O) groups is 3. The average Bonchev–Trinajstić information content (AvgIpc) is 3.15. The molecule has 272 valence electrons. The molecule has 0 saturated carbocycles. The van der Waals surface area contributed by atoms with E-state index in [4.69, 9.17) is 0 Å². The summed E-state index contributed by atoms with van der Waals surface area (Å²) < 4.78 is 71.7. The predicted molar refractivity (Wildman–Crippen MR) is 201 cm³/mol. The maximum Gasteiger partial charge on any atom is 0.296 e. The van der Waals surface area contributed by atoms with Gasteiger partial charge in [-0.2, -0.15) is 16.8 Å². The number of hydrogen-bond acceptors (Lipinski definition) is 9. The van der Waals surface area contributed by atoms with E-state index in [0.29, 0.717) is 30.4 Å². The van der Waals surface area contributed by atoms with Crippen LogP contribution in [0.15, 0.2) is 124 Å². The number of aromatic amines is 1. The highest BCUT2D eigenvalue weighted by Gasteiger charge is 2.36. The summed E-state index contributed by atoms with van der Waals surface area (Å²) in [5.41, 5.74) is -1.08. The lowest BCUT2D eigenvalue weighted by atomic mass is 9.80. The molecule has 0 radical (unpaired) electrons. The largest absolute Gasteiger partial charge is 0.354 e. The Morgan fingerprint density at radius 1 is 0.648 bits per heavy atom. The molecule has 4 N–H and O–H groups in total. The lowest BCUT2D eigenvalue weighted by molar-refractivity contribution is 0.0977. The zero-order valence-electron chi connectivity index (χ0n) is 28.2. The topological polar surface area (TPSA) is 205 Å². The number of anilines is 2. The molecule has 14 heteroatoms. The van der Waals surface area contributed by atoms with Crippen LogP contribution in [0.5, 0.6) is 0 Å². The van der Waals surface area contributed by atoms with Crippen molar-refractivity contribution in [3.8, 4) is 11.1 Å². The maximum absolute atomic E-state index is 14.4. The van der Waals surface area contributed by atoms with Gasteiger partial charge in [0.2, 0.25) is 0 Å². The maximum atomic E-state index is 14.4. The third-order valence-corrected chi connectivity index (χ3v) is 11.1. The number of aromatic nitrogens is 1. The first-order chi connectivity index (χ1) is 25.7. The van der Waals surface area contributed by atoms with Crippen molar-refractivity contribution in [1.29, 1.82) is 0 Å². The number of ketones is 3. The van der Waals surface area contributed by atoms with E-state index >= 15 is 0 Å². The van der Waals surface area contributed by atoms with E-state index in [1.165, 1.54) is 36.4 Å². The van der Waals surface area contributed by atoms with Crippen LogP contribution in [0.3, 0.4) is 0 Å². The fraction of sp³-hybridized carbons (Fsp3) is 0.100. The molecular weight excluding hydrogens is 733 g/mol. The fourth-order valence-electron chi connectivity index (χ4n) is 6.82. The molecule has 0 atom stereocenters. The summed E-state index contributed by atoms with van der Waals surface area (Å²) >= 11 is 0. The number of fused-ring (bicyclic) bond motifs is 2. The van der Waals surface area contributed by atoms with Crippen LogP contribution in [0.2, 0.25) is 0 Å². The number of benzene rings is 5. The Labute approximate surface area is 309 Å². The third kappa shape index (κ3) is 6.78. The van der Waals surface area contributed by atoms with Gasteiger partial charge in [-0.05, 0) is 48.6 Å². The van der Waals surface area contributed by atoms with Gasteiger partial charge in [0.1, 0.15) is 9.79 Å². The van der Waals surface area contributed by atoms with Crippen LogP contribution in [0.4, 0.5) is 11.4 Å². The molecule has 6 aromatic rings. The molecule has 54 heavy (non-hydrogen) atoms. The molecule has 7 rings (SSSR count). The monoisotopic (exact) mass is 762 g/mol. The molecule has 12 nitrogen and oxygen atoms in total. The summed E-state index contributed by atoms with van der Waals surface area (Å²) in [4.78, 5) is 55.6. The minimum absolute atomic E-state index is 0.0276. The molecule has 0 unspecified atom stereocenters. The number of nitrogens with one attached hydrogen (secondary N) is 2. The Kier molecular flexibility index (Phi) is 9.45. The number of H-pyrrole nitrogens is 1. The van der Waals surface area contributed by atoms with Crippen molar-refractivity contribution in [2.45, 2.75) is 35.5 Å². The van der Waals surface area contributed by atoms with E-state index in [1.807, 2.05) is 6.07 Å². The Morgan fingerprint density at radius 3 is 1.91 bits per heavy atom. The highest BCUT2D eigenvalue weighted by Crippen LogP contribution is 2.46. The minimum atomic E-state index is -5.15. The predicted octanol–water partition coefficient (Wildman–Crippen LogP) is 6.80. The lowest BCUT2D eigenvalue weighted by Crippen LogP contribution is -2.25. The molecule has 1 aliphatic carbocycles. The molecule has 0 spiro atoms. The van der Waals surface area contributed by atoms with E-state index < -0.39 is 52.7 Å². The summed E-state index contributed by atoms with van der Waals surface area (Å²) in [5.74, 6) is -1.41. The van der Waals surface area contributed by atoms with Gasteiger partial charge < -0.3 is 10.3 Å². The first kappa shape index (κ1) is 36.3. The van der Waals surface area contributed by atoms with Gasteiger partial charge in [0.25, 0.3) is 25.8 Å². The second-order valence-electron chi connectivity index (χ2n) is 12.7. The molecule has 5 aromatic carbocycles. The van der Waals surface area contributed by atoms with E-state index in [2.05, 4.69) is 10.3 Å². The number of aryl methyl sites for hydroxylation is 1. The zero-order valence-corrected chi connectivity index (χ0v) is 29.8. The van der Waals surface area contributed by atoms with E-state index in [0.717, 1.165) is 12.1 Å². The van der Waals surface area contributed by atoms with Crippen molar-refractivity contribution in [2.75, 3.05) is 5.32 Å². The van der Waals surface area contributed by atoms with Gasteiger partial charge in [0.15, 0.2) is 17.3 Å². The second kappa shape index (κ2) is 14.1. The first-order valence-corrected chi connectivity index (χ1v) is 19.6. The third-order valence-electron chi connectivity index (χ3n) is 9.27. The highest BCUT2D eigenvalue weighted by molar-refractivity contribution is 7.86. The second-order valence-corrected chi connectivity index (χ2v) is 15.5. The van der Waals surface area contributed by atoms with Crippen molar-refractivity contribution in [3.05, 3.63) is 153 Å². The Balaban J connectivity index is 1.39. The smallest absolute Gasteiger partial charge is 0.296 e. The van der Waals surface area contributed by atoms with Crippen molar-refractivity contribution >= 4 is 59.9 Å². The number of unbranched alkanes of at least 4 members (excludes halogenated alkanes) is 1. The molecule has 0 amide bonds. The van der Waals surface area contributed by atoms with Crippen molar-refractivity contribution < 1.29 is 40.3 Å². The van der Waals surface area contributed by atoms with Crippen LogP contribution in [0.1, 0.15) is 67.0 Å². The van der Waals surface area contributed by atoms with Gasteiger partial charge in [0.05, 0.1) is 28.0 Å². The van der Waals surface area contributed by atoms with Gasteiger partial charge in [-0.3, -0.25) is 28.3 Å². The minimum Gasteiger partial charge on any atom is -0.354 e. The van der Waals surface area contributed by atoms with Crippen LogP contribution in [0.25, 0.3) is 22.0 Å². The quantitative estimate of drug-likeness (QED) is 0.0579. The van der Waals surface area contributed by atoms with Gasteiger partial charge >= 0.3 is 0 Å². The van der Waals surface area contributed by atoms with Crippen molar-refractivity contribution in [3.63, 3.8) is 0 Å². The highest BCUT2D eigenvalue weighted by atomic mass is 32.2. The lowest BCUT2D eigenvalue weighted by Gasteiger charge is -2.25. The number of rotatable bonds is 12. The summed E-state index contributed by atoms with van der Waals surface area (Å²) in [6.45, 7) is 0. The molecule has 0 bridgehead atoms. The van der Waals surface area contributed by atoms with Crippen molar-refractivity contribution in [1.82, 2.24) is 4.98 Å². The van der Waals surface area contributed by atoms with Gasteiger partial charge in [-0.25, -0.2) is 0 Å². The molecule has 0 saturated heterocycles. The summed E-state index contributed by atoms with van der Waals surface area (Å²) in [6, 6.07) is 27.7. The molecular formula is C40H30N2O10S2. The zero-order chi connectivity index (χ0) is 38.4. The van der Waals surface area contributed by atoms with Crippen molar-refractivity contribution in [2.24, 2.45) is 0 Å². The standard InChI is InChI=1S/C40H30N2O10S2/c43-30(24-12-3-1-4-13-24)18-10-7-11-23-19-20-31(53(47,48)49)28(21-23)41-29-22-32(54(50,51)52)37-35-33(26-16-8-9-17-27(26)39(45)34(29)35)36(40(46)42-37)38(44)25-14-5-2-6-15-25/h1-6,8-9,12-17,19-22,41H,7,10-11,18H2,(H,42,46)(H,47,48,49)(H,50,51,52). The van der Waals surface area contributed by atoms with Crippen LogP contribution in [0, 0.1) is 0 Å². The van der Waals surface area contributed by atoms with E-state index in [-0.39, 0.29) is 62.3 Å². The van der Waals surface area contributed by atoms with E-state index in [1.54, 1.807) is 54.6 Å². The number of Topliss-reactive ketones (excluding diaryl/α,β-unsaturated/α-hetero) is 1. The number of pyridine rings is 1. The molecule has 1 aromatic heterocycles. The Hall–Kier alpha value is -6.06. The van der Waals surface area contributed by atoms with E-state index in [9.17, 15) is 45.1 Å². The van der Waals surface area contributed by atoms with Crippen LogP contribution in [-0.4, -0.2) is 48.3 Å². The van der Waals surface area contributed by atoms with Crippen LogP contribution >= 0.6 is 0 Å². The SMILES string of the molecule is O=C(CCCCc1ccc(S(=O)(=O)O)c(Nc2cc(S(=O)(=O)O)c3[nH]c(=O)c(C(=O)c4ccccc4)c4c3c2C(=O)c2ccccc2-4)c1)c1ccccc1. The summed E-state index contributed by atoms with van der Waals surface area (Å²) in [5, 5.41) is 2.65. The fourth-order valence-corrected chi connectivity index (χ4v) is 8.13. The first-order valence-electron chi connectivity index (χ1n) is 16.7. The number of carbonyl (C=O) groups excluding carboxylic acids is 3. The molecule has 0 aliphatic heterocycles. The Bertz CT molecular complexity index is 2820. The van der Waals surface area contributed by atoms with Gasteiger partial charge in [-0.1, -0.05) is 91.0 Å². The van der Waals surface area contributed by atoms with Crippen LogP contribution in [-0.2, 0) is 26.7 Å². The summed E-state index contributed by atoms with van der Waals surface area (Å²) in [7, 11) is -10.0. The molecule has 1 heterocycles. The van der Waals surface area contributed by atoms with Crippen LogP contribution < -0.4 is 10.9 Å². The average molecular weight is 763 g/mol. The normalized spacial score (nSPS) is 12.4. The van der Waals surface area contributed by atoms with Gasteiger partial charge in [0, 0.05) is 34.1 Å². The molecule has 1 aliphatic rings. The van der Waals surface area contributed by atoms with Gasteiger partial charge in [-0.15, -0.1) is 0 Å². The molecule has 0 fully saturated rings. The Morgan fingerprint density at radius 2 is 1.26 bits per heavy atom.